The Morgan fingerprint density at radius 3 is 2.48 bits per heavy atom. The summed E-state index contributed by atoms with van der Waals surface area (Å²) in [6, 6.07) is 8.77. The number of carbonyl (C=O) groups is 1. The first-order valence-electron chi connectivity index (χ1n) is 9.04. The minimum Gasteiger partial charge on any atom is -0.494 e. The lowest BCUT2D eigenvalue weighted by Crippen LogP contribution is -2.32. The van der Waals surface area contributed by atoms with Crippen LogP contribution in [0.1, 0.15) is 71.3 Å². The number of amides is 1. The average molecular weight is 317 g/mol. The van der Waals surface area contributed by atoms with Gasteiger partial charge in [0.2, 0.25) is 5.91 Å². The number of nitrogens with one attached hydrogen (secondary N) is 1. The Bertz CT molecular complexity index is 487. The van der Waals surface area contributed by atoms with E-state index < -0.39 is 0 Å². The third-order valence-corrected chi connectivity index (χ3v) is 5.06. The van der Waals surface area contributed by atoms with E-state index in [-0.39, 0.29) is 11.3 Å². The van der Waals surface area contributed by atoms with E-state index in [9.17, 15) is 4.79 Å². The van der Waals surface area contributed by atoms with Crippen molar-refractivity contribution in [2.75, 3.05) is 6.61 Å². The fourth-order valence-electron chi connectivity index (χ4n) is 3.00. The number of rotatable bonds is 8. The molecule has 1 amide bonds. The molecule has 23 heavy (non-hydrogen) atoms. The predicted molar refractivity (Wildman–Crippen MR) is 94.9 cm³/mol. The molecule has 0 aromatic heterocycles. The topological polar surface area (TPSA) is 38.3 Å². The summed E-state index contributed by atoms with van der Waals surface area (Å²) in [5, 5.41) is 3.11. The number of hydrogen-bond acceptors (Lipinski definition) is 2. The van der Waals surface area contributed by atoms with Crippen LogP contribution in [0.4, 0.5) is 0 Å². The molecule has 1 aromatic carbocycles. The summed E-state index contributed by atoms with van der Waals surface area (Å²) in [6.07, 6.45) is 7.21. The minimum atomic E-state index is 0.167. The lowest BCUT2D eigenvalue weighted by Gasteiger charge is -2.23. The normalized spacial score (nSPS) is 15.6. The van der Waals surface area contributed by atoms with Gasteiger partial charge < -0.3 is 10.1 Å². The van der Waals surface area contributed by atoms with Crippen molar-refractivity contribution >= 4 is 5.91 Å². The lowest BCUT2D eigenvalue weighted by molar-refractivity contribution is -0.122. The Balaban J connectivity index is 1.67. The van der Waals surface area contributed by atoms with Crippen LogP contribution in [0.25, 0.3) is 0 Å². The van der Waals surface area contributed by atoms with E-state index in [1.165, 1.54) is 18.4 Å². The molecule has 1 aromatic rings. The van der Waals surface area contributed by atoms with E-state index >= 15 is 0 Å². The molecule has 0 saturated heterocycles. The first kappa shape index (κ1) is 17.8. The van der Waals surface area contributed by atoms with Gasteiger partial charge in [0.15, 0.2) is 0 Å². The summed E-state index contributed by atoms with van der Waals surface area (Å²) >= 11 is 0. The smallest absolute Gasteiger partial charge is 0.220 e. The zero-order valence-corrected chi connectivity index (χ0v) is 14.9. The summed E-state index contributed by atoms with van der Waals surface area (Å²) in [7, 11) is 0. The zero-order chi connectivity index (χ0) is 16.7. The van der Waals surface area contributed by atoms with Gasteiger partial charge in [-0.3, -0.25) is 4.79 Å². The van der Waals surface area contributed by atoms with E-state index in [2.05, 4.69) is 38.2 Å². The maximum absolute atomic E-state index is 11.8. The Labute approximate surface area is 140 Å². The highest BCUT2D eigenvalue weighted by atomic mass is 16.5. The third-order valence-electron chi connectivity index (χ3n) is 5.06. The van der Waals surface area contributed by atoms with Crippen LogP contribution >= 0.6 is 0 Å². The maximum atomic E-state index is 11.8. The summed E-state index contributed by atoms with van der Waals surface area (Å²) in [5.74, 6) is 1.05. The second-order valence-electron chi connectivity index (χ2n) is 7.26. The molecule has 128 valence electrons. The number of hydrogen-bond donors (Lipinski definition) is 1. The molecule has 1 N–H and O–H groups in total. The first-order valence-corrected chi connectivity index (χ1v) is 9.04. The molecular formula is C20H31NO2. The molecule has 0 bridgehead atoms. The van der Waals surface area contributed by atoms with Crippen LogP contribution < -0.4 is 10.1 Å². The van der Waals surface area contributed by atoms with Crippen molar-refractivity contribution in [3.8, 4) is 5.75 Å². The minimum absolute atomic E-state index is 0.167. The Hall–Kier alpha value is -1.51. The Morgan fingerprint density at radius 2 is 1.87 bits per heavy atom. The monoisotopic (exact) mass is 317 g/mol. The third kappa shape index (κ3) is 5.56. The highest BCUT2D eigenvalue weighted by molar-refractivity contribution is 5.76. The van der Waals surface area contributed by atoms with Gasteiger partial charge in [-0.15, -0.1) is 0 Å². The SMILES string of the molecule is CCC(C)(C)c1ccc(OCCCC(=O)NC2CCCC2)cc1. The molecular weight excluding hydrogens is 286 g/mol. The fourth-order valence-corrected chi connectivity index (χ4v) is 3.00. The number of benzene rings is 1. The summed E-state index contributed by atoms with van der Waals surface area (Å²) in [5.41, 5.74) is 1.54. The van der Waals surface area contributed by atoms with Gasteiger partial charge >= 0.3 is 0 Å². The predicted octanol–water partition coefficient (Wildman–Crippen LogP) is 4.59. The van der Waals surface area contributed by atoms with Gasteiger partial charge in [0.25, 0.3) is 0 Å². The summed E-state index contributed by atoms with van der Waals surface area (Å²) < 4.78 is 5.75. The first-order chi connectivity index (χ1) is 11.0. The van der Waals surface area contributed by atoms with Crippen molar-refractivity contribution in [2.45, 2.75) is 77.2 Å². The van der Waals surface area contributed by atoms with E-state index in [0.29, 0.717) is 19.1 Å². The van der Waals surface area contributed by atoms with E-state index in [4.69, 9.17) is 4.74 Å². The van der Waals surface area contributed by atoms with Gasteiger partial charge in [0.1, 0.15) is 5.75 Å². The van der Waals surface area contributed by atoms with Crippen molar-refractivity contribution in [2.24, 2.45) is 0 Å². The van der Waals surface area contributed by atoms with Crippen LogP contribution in [-0.4, -0.2) is 18.6 Å². The van der Waals surface area contributed by atoms with Crippen molar-refractivity contribution in [3.05, 3.63) is 29.8 Å². The molecule has 1 aliphatic carbocycles. The van der Waals surface area contributed by atoms with Gasteiger partial charge in [0, 0.05) is 12.5 Å². The van der Waals surface area contributed by atoms with Crippen LogP contribution in [0, 0.1) is 0 Å². The number of carbonyl (C=O) groups excluding carboxylic acids is 1. The van der Waals surface area contributed by atoms with Gasteiger partial charge in [-0.05, 0) is 48.8 Å². The van der Waals surface area contributed by atoms with Gasteiger partial charge in [-0.1, -0.05) is 45.7 Å². The molecule has 0 heterocycles. The van der Waals surface area contributed by atoms with Crippen LogP contribution in [0.3, 0.4) is 0 Å². The molecule has 1 fully saturated rings. The van der Waals surface area contributed by atoms with Crippen LogP contribution in [0.2, 0.25) is 0 Å². The second kappa shape index (κ2) is 8.37. The maximum Gasteiger partial charge on any atom is 0.220 e. The lowest BCUT2D eigenvalue weighted by atomic mass is 9.82. The van der Waals surface area contributed by atoms with Gasteiger partial charge in [-0.25, -0.2) is 0 Å². The molecule has 3 heteroatoms. The van der Waals surface area contributed by atoms with E-state index in [1.54, 1.807) is 0 Å². The molecule has 0 aliphatic heterocycles. The molecule has 1 saturated carbocycles. The number of ether oxygens (including phenoxy) is 1. The summed E-state index contributed by atoms with van der Waals surface area (Å²) in [6.45, 7) is 7.31. The van der Waals surface area contributed by atoms with Gasteiger partial charge in [-0.2, -0.15) is 0 Å². The molecule has 0 radical (unpaired) electrons. The van der Waals surface area contributed by atoms with E-state index in [1.807, 2.05) is 12.1 Å². The standard InChI is InChI=1S/C20H31NO2/c1-4-20(2,3)16-11-13-18(14-12-16)23-15-7-10-19(22)21-17-8-5-6-9-17/h11-14,17H,4-10,15H2,1-3H3,(H,21,22). The van der Waals surface area contributed by atoms with E-state index in [0.717, 1.165) is 31.4 Å². The average Bonchev–Trinajstić information content (AvgIpc) is 3.05. The fraction of sp³-hybridized carbons (Fsp3) is 0.650. The molecule has 2 rings (SSSR count). The quantitative estimate of drug-likeness (QED) is 0.712. The Morgan fingerprint density at radius 1 is 1.22 bits per heavy atom. The van der Waals surface area contributed by atoms with Crippen molar-refractivity contribution in [1.82, 2.24) is 5.32 Å². The van der Waals surface area contributed by atoms with Crippen LogP contribution in [0.15, 0.2) is 24.3 Å². The molecule has 0 unspecified atom stereocenters. The Kier molecular flexibility index (Phi) is 6.49. The van der Waals surface area contributed by atoms with Crippen molar-refractivity contribution in [1.29, 1.82) is 0 Å². The van der Waals surface area contributed by atoms with Crippen molar-refractivity contribution < 1.29 is 9.53 Å². The largest absolute Gasteiger partial charge is 0.494 e. The second-order valence-corrected chi connectivity index (χ2v) is 7.26. The molecule has 0 atom stereocenters. The molecule has 0 spiro atoms. The van der Waals surface area contributed by atoms with Gasteiger partial charge in [0.05, 0.1) is 6.61 Å². The van der Waals surface area contributed by atoms with Crippen LogP contribution in [0.5, 0.6) is 5.75 Å². The summed E-state index contributed by atoms with van der Waals surface area (Å²) in [4.78, 5) is 11.8. The molecule has 3 nitrogen and oxygen atoms in total. The molecule has 1 aliphatic rings. The van der Waals surface area contributed by atoms with Crippen molar-refractivity contribution in [3.63, 3.8) is 0 Å². The highest BCUT2D eigenvalue weighted by Crippen LogP contribution is 2.28. The highest BCUT2D eigenvalue weighted by Gasteiger charge is 2.18. The van der Waals surface area contributed by atoms with Crippen LogP contribution in [-0.2, 0) is 10.2 Å². The zero-order valence-electron chi connectivity index (χ0n) is 14.9.